The number of aliphatic hydroxyl groups is 1. The van der Waals surface area contributed by atoms with E-state index in [1.54, 1.807) is 11.3 Å². The average molecular weight is 374 g/mol. The molecule has 1 aliphatic carbocycles. The van der Waals surface area contributed by atoms with E-state index < -0.39 is 5.54 Å². The van der Waals surface area contributed by atoms with Gasteiger partial charge in [0, 0.05) is 15.3 Å². The Labute approximate surface area is 161 Å². The maximum Gasteiger partial charge on any atom is 0.119 e. The van der Waals surface area contributed by atoms with E-state index in [0.717, 1.165) is 31.1 Å². The molecule has 0 amide bonds. The third kappa shape index (κ3) is 5.57. The summed E-state index contributed by atoms with van der Waals surface area (Å²) in [6.07, 6.45) is 8.42. The van der Waals surface area contributed by atoms with Crippen LogP contribution in [-0.2, 0) is 6.42 Å². The summed E-state index contributed by atoms with van der Waals surface area (Å²) >= 11 is 1.80. The van der Waals surface area contributed by atoms with Gasteiger partial charge < -0.3 is 15.6 Å². The van der Waals surface area contributed by atoms with Crippen LogP contribution in [0.5, 0.6) is 5.75 Å². The molecule has 2 aromatic rings. The molecule has 0 bridgehead atoms. The fourth-order valence-electron chi connectivity index (χ4n) is 3.44. The Morgan fingerprint density at radius 2 is 1.85 bits per heavy atom. The number of benzene rings is 1. The standard InChI is InChI=1S/C22H31NO2S/c1-22(23,16-24)14-13-20-11-12-21(26-20)18-7-9-19(10-8-18)25-15-17-5-3-2-4-6-17/h7-12,17,24H,2-6,13-16,23H2,1H3. The lowest BCUT2D eigenvalue weighted by Crippen LogP contribution is -2.40. The molecule has 1 fully saturated rings. The lowest BCUT2D eigenvalue weighted by molar-refractivity contribution is 0.201. The van der Waals surface area contributed by atoms with Gasteiger partial charge in [-0.1, -0.05) is 19.3 Å². The van der Waals surface area contributed by atoms with Crippen molar-refractivity contribution < 1.29 is 9.84 Å². The summed E-state index contributed by atoms with van der Waals surface area (Å²) in [7, 11) is 0. The summed E-state index contributed by atoms with van der Waals surface area (Å²) < 4.78 is 6.00. The molecule has 26 heavy (non-hydrogen) atoms. The van der Waals surface area contributed by atoms with Gasteiger partial charge in [0.25, 0.3) is 0 Å². The highest BCUT2D eigenvalue weighted by Gasteiger charge is 2.17. The fourth-order valence-corrected chi connectivity index (χ4v) is 4.45. The molecular weight excluding hydrogens is 342 g/mol. The van der Waals surface area contributed by atoms with Gasteiger partial charge in [-0.25, -0.2) is 0 Å². The first kappa shape index (κ1) is 19.4. The minimum absolute atomic E-state index is 0.0214. The first-order chi connectivity index (χ1) is 12.6. The van der Waals surface area contributed by atoms with Crippen LogP contribution < -0.4 is 10.5 Å². The van der Waals surface area contributed by atoms with Gasteiger partial charge >= 0.3 is 0 Å². The van der Waals surface area contributed by atoms with Gasteiger partial charge in [0.15, 0.2) is 0 Å². The van der Waals surface area contributed by atoms with Gasteiger partial charge in [-0.2, -0.15) is 0 Å². The van der Waals surface area contributed by atoms with Crippen LogP contribution in [0.2, 0.25) is 0 Å². The van der Waals surface area contributed by atoms with Gasteiger partial charge in [0.1, 0.15) is 5.75 Å². The second-order valence-electron chi connectivity index (χ2n) is 7.92. The van der Waals surface area contributed by atoms with E-state index >= 15 is 0 Å². The van der Waals surface area contributed by atoms with E-state index in [1.807, 2.05) is 6.92 Å². The van der Waals surface area contributed by atoms with E-state index in [2.05, 4.69) is 36.4 Å². The largest absolute Gasteiger partial charge is 0.493 e. The van der Waals surface area contributed by atoms with Gasteiger partial charge in [-0.05, 0) is 80.5 Å². The number of ether oxygens (including phenoxy) is 1. The van der Waals surface area contributed by atoms with E-state index in [0.29, 0.717) is 0 Å². The fraction of sp³-hybridized carbons (Fsp3) is 0.545. The highest BCUT2D eigenvalue weighted by Crippen LogP contribution is 2.31. The quantitative estimate of drug-likeness (QED) is 0.683. The van der Waals surface area contributed by atoms with Crippen molar-refractivity contribution in [1.29, 1.82) is 0 Å². The SMILES string of the molecule is CC(N)(CO)CCc1ccc(-c2ccc(OCC3CCCCC3)cc2)s1. The summed E-state index contributed by atoms with van der Waals surface area (Å²) in [6, 6.07) is 12.8. The van der Waals surface area contributed by atoms with E-state index in [1.165, 1.54) is 47.4 Å². The molecule has 0 spiro atoms. The summed E-state index contributed by atoms with van der Waals surface area (Å²) in [5, 5.41) is 9.27. The van der Waals surface area contributed by atoms with Gasteiger partial charge in [0.05, 0.1) is 13.2 Å². The van der Waals surface area contributed by atoms with Crippen molar-refractivity contribution >= 4 is 11.3 Å². The van der Waals surface area contributed by atoms with E-state index in [9.17, 15) is 5.11 Å². The third-order valence-electron chi connectivity index (χ3n) is 5.31. The lowest BCUT2D eigenvalue weighted by atomic mass is 9.90. The Bertz CT molecular complexity index is 672. The molecule has 1 aromatic carbocycles. The molecule has 1 unspecified atom stereocenters. The Hall–Kier alpha value is -1.36. The summed E-state index contributed by atoms with van der Waals surface area (Å²) in [5.41, 5.74) is 6.75. The topological polar surface area (TPSA) is 55.5 Å². The minimum atomic E-state index is -0.499. The molecule has 3 nitrogen and oxygen atoms in total. The van der Waals surface area contributed by atoms with Crippen molar-refractivity contribution in [2.75, 3.05) is 13.2 Å². The molecule has 1 aromatic heterocycles. The zero-order valence-electron chi connectivity index (χ0n) is 15.7. The average Bonchev–Trinajstić information content (AvgIpc) is 3.15. The Morgan fingerprint density at radius 1 is 1.12 bits per heavy atom. The number of thiophene rings is 1. The molecule has 1 atom stereocenters. The van der Waals surface area contributed by atoms with E-state index in [-0.39, 0.29) is 6.61 Å². The molecule has 0 saturated heterocycles. The molecule has 1 saturated carbocycles. The predicted molar refractivity (Wildman–Crippen MR) is 110 cm³/mol. The first-order valence-electron chi connectivity index (χ1n) is 9.77. The van der Waals surface area contributed by atoms with Crippen molar-refractivity contribution in [3.8, 4) is 16.2 Å². The normalized spacial score (nSPS) is 17.8. The number of aliphatic hydroxyl groups excluding tert-OH is 1. The molecule has 4 heteroatoms. The Balaban J connectivity index is 1.53. The van der Waals surface area contributed by atoms with Crippen LogP contribution in [0.3, 0.4) is 0 Å². The lowest BCUT2D eigenvalue weighted by Gasteiger charge is -2.21. The second-order valence-corrected chi connectivity index (χ2v) is 9.09. The molecule has 1 aliphatic rings. The number of nitrogens with two attached hydrogens (primary N) is 1. The monoisotopic (exact) mass is 373 g/mol. The van der Waals surface area contributed by atoms with Crippen LogP contribution in [0.1, 0.15) is 50.3 Å². The second kappa shape index (κ2) is 9.03. The highest BCUT2D eigenvalue weighted by molar-refractivity contribution is 7.15. The molecule has 3 N–H and O–H groups in total. The molecule has 0 radical (unpaired) electrons. The maximum atomic E-state index is 9.27. The van der Waals surface area contributed by atoms with Crippen LogP contribution in [-0.4, -0.2) is 23.9 Å². The number of hydrogen-bond acceptors (Lipinski definition) is 4. The number of aryl methyl sites for hydroxylation is 1. The summed E-state index contributed by atoms with van der Waals surface area (Å²) in [4.78, 5) is 2.57. The van der Waals surface area contributed by atoms with Crippen molar-refractivity contribution in [3.63, 3.8) is 0 Å². The maximum absolute atomic E-state index is 9.27. The van der Waals surface area contributed by atoms with Crippen LogP contribution in [0, 0.1) is 5.92 Å². The molecular formula is C22H31NO2S. The molecule has 1 heterocycles. The van der Waals surface area contributed by atoms with Crippen LogP contribution in [0.4, 0.5) is 0 Å². The Kier molecular flexibility index (Phi) is 6.74. The molecule has 142 valence electrons. The van der Waals surface area contributed by atoms with Crippen LogP contribution in [0.15, 0.2) is 36.4 Å². The van der Waals surface area contributed by atoms with Crippen molar-refractivity contribution in [3.05, 3.63) is 41.3 Å². The zero-order chi connectivity index (χ0) is 18.4. The van der Waals surface area contributed by atoms with Gasteiger partial charge in [-0.3, -0.25) is 0 Å². The smallest absolute Gasteiger partial charge is 0.119 e. The van der Waals surface area contributed by atoms with E-state index in [4.69, 9.17) is 10.5 Å². The third-order valence-corrected chi connectivity index (χ3v) is 6.51. The number of rotatable bonds is 8. The van der Waals surface area contributed by atoms with Gasteiger partial charge in [-0.15, -0.1) is 11.3 Å². The molecule has 0 aliphatic heterocycles. The zero-order valence-corrected chi connectivity index (χ0v) is 16.6. The van der Waals surface area contributed by atoms with Crippen LogP contribution in [0.25, 0.3) is 10.4 Å². The highest BCUT2D eigenvalue weighted by atomic mass is 32.1. The predicted octanol–water partition coefficient (Wildman–Crippen LogP) is 5.02. The van der Waals surface area contributed by atoms with Crippen molar-refractivity contribution in [1.82, 2.24) is 0 Å². The van der Waals surface area contributed by atoms with Gasteiger partial charge in [0.2, 0.25) is 0 Å². The molecule has 3 rings (SSSR count). The first-order valence-corrected chi connectivity index (χ1v) is 10.6. The minimum Gasteiger partial charge on any atom is -0.493 e. The summed E-state index contributed by atoms with van der Waals surface area (Å²) in [6.45, 7) is 2.77. The summed E-state index contributed by atoms with van der Waals surface area (Å²) in [5.74, 6) is 1.70. The Morgan fingerprint density at radius 3 is 2.54 bits per heavy atom. The van der Waals surface area contributed by atoms with Crippen LogP contribution >= 0.6 is 11.3 Å². The van der Waals surface area contributed by atoms with Crippen molar-refractivity contribution in [2.45, 2.75) is 57.4 Å². The number of hydrogen-bond donors (Lipinski definition) is 2. The van der Waals surface area contributed by atoms with Crippen molar-refractivity contribution in [2.24, 2.45) is 11.7 Å².